The normalized spacial score (nSPS) is 10.5. The number of hydrogen-bond acceptors (Lipinski definition) is 3. The molecule has 21 heavy (non-hydrogen) atoms. The zero-order valence-electron chi connectivity index (χ0n) is 11.8. The Morgan fingerprint density at radius 3 is 2.67 bits per heavy atom. The van der Waals surface area contributed by atoms with E-state index in [4.69, 9.17) is 16.2 Å². The van der Waals surface area contributed by atoms with Gasteiger partial charge in [0.1, 0.15) is 19.4 Å². The van der Waals surface area contributed by atoms with Gasteiger partial charge in [-0.2, -0.15) is 5.10 Å². The van der Waals surface area contributed by atoms with Gasteiger partial charge in [0, 0.05) is 6.07 Å². The van der Waals surface area contributed by atoms with Crippen molar-refractivity contribution in [1.82, 2.24) is 0 Å². The maximum atomic E-state index is 5.72. The van der Waals surface area contributed by atoms with E-state index >= 15 is 0 Å². The Morgan fingerprint density at radius 2 is 2.00 bits per heavy atom. The third kappa shape index (κ3) is 4.94. The van der Waals surface area contributed by atoms with Crippen LogP contribution in [0.5, 0.6) is 5.75 Å². The molecule has 1 aromatic carbocycles. The highest BCUT2D eigenvalue weighted by Gasteiger charge is 2.00. The SMILES string of the molecule is C[n+]1cccc(COc2ccc(/C=N/N=C(N)N)cc2)c1. The number of aryl methyl sites for hydroxylation is 1. The minimum absolute atomic E-state index is 0.0674. The van der Waals surface area contributed by atoms with E-state index in [1.54, 1.807) is 6.21 Å². The zero-order chi connectivity index (χ0) is 15.1. The number of rotatable bonds is 5. The fraction of sp³-hybridized carbons (Fsp3) is 0.133. The number of pyridine rings is 1. The summed E-state index contributed by atoms with van der Waals surface area (Å²) < 4.78 is 7.71. The van der Waals surface area contributed by atoms with E-state index in [0.29, 0.717) is 6.61 Å². The molecule has 0 saturated carbocycles. The summed E-state index contributed by atoms with van der Waals surface area (Å²) in [6, 6.07) is 11.5. The largest absolute Gasteiger partial charge is 0.489 e. The second kappa shape index (κ2) is 7.04. The fourth-order valence-electron chi connectivity index (χ4n) is 1.71. The van der Waals surface area contributed by atoms with Gasteiger partial charge in [0.05, 0.1) is 11.8 Å². The number of guanidine groups is 1. The summed E-state index contributed by atoms with van der Waals surface area (Å²) in [6.07, 6.45) is 5.57. The van der Waals surface area contributed by atoms with Crippen molar-refractivity contribution in [3.63, 3.8) is 0 Å². The van der Waals surface area contributed by atoms with Crippen LogP contribution in [-0.2, 0) is 13.7 Å². The quantitative estimate of drug-likeness (QED) is 0.366. The Hall–Kier alpha value is -2.89. The molecule has 2 rings (SSSR count). The highest BCUT2D eigenvalue weighted by Crippen LogP contribution is 2.13. The molecule has 0 radical (unpaired) electrons. The first-order valence-electron chi connectivity index (χ1n) is 6.42. The molecule has 0 saturated heterocycles. The van der Waals surface area contributed by atoms with Crippen LogP contribution in [0.15, 0.2) is 59.0 Å². The van der Waals surface area contributed by atoms with Crippen molar-refractivity contribution in [2.45, 2.75) is 6.61 Å². The van der Waals surface area contributed by atoms with E-state index in [1.165, 1.54) is 0 Å². The predicted molar refractivity (Wildman–Crippen MR) is 81.8 cm³/mol. The standard InChI is InChI=1S/C15H18N5O/c1-20-8-2-3-13(10-20)11-21-14-6-4-12(5-7-14)9-18-19-15(16)17/h2-10H,11H2,1H3,(H4,16,17,19)/q+1/b18-9+. The summed E-state index contributed by atoms with van der Waals surface area (Å²) in [5.41, 5.74) is 12.4. The molecule has 1 heterocycles. The molecule has 0 aliphatic heterocycles. The molecule has 108 valence electrons. The molecule has 0 aliphatic carbocycles. The molecule has 0 spiro atoms. The predicted octanol–water partition coefficient (Wildman–Crippen LogP) is 0.697. The van der Waals surface area contributed by atoms with Gasteiger partial charge in [-0.05, 0) is 35.9 Å². The molecule has 4 N–H and O–H groups in total. The van der Waals surface area contributed by atoms with Gasteiger partial charge in [-0.15, -0.1) is 5.10 Å². The number of nitrogens with two attached hydrogens (primary N) is 2. The van der Waals surface area contributed by atoms with E-state index in [1.807, 2.05) is 60.4 Å². The number of aromatic nitrogens is 1. The highest BCUT2D eigenvalue weighted by atomic mass is 16.5. The van der Waals surface area contributed by atoms with Crippen LogP contribution in [0.1, 0.15) is 11.1 Å². The van der Waals surface area contributed by atoms with Crippen LogP contribution in [0.3, 0.4) is 0 Å². The molecule has 0 amide bonds. The van der Waals surface area contributed by atoms with Gasteiger partial charge in [-0.1, -0.05) is 0 Å². The maximum absolute atomic E-state index is 5.72. The first-order valence-corrected chi connectivity index (χ1v) is 6.42. The summed E-state index contributed by atoms with van der Waals surface area (Å²) in [7, 11) is 1.98. The summed E-state index contributed by atoms with van der Waals surface area (Å²) in [5, 5.41) is 7.28. The number of nitrogens with zero attached hydrogens (tertiary/aromatic N) is 3. The van der Waals surface area contributed by atoms with Crippen LogP contribution in [-0.4, -0.2) is 12.2 Å². The van der Waals surface area contributed by atoms with Crippen molar-refractivity contribution in [3.05, 3.63) is 59.9 Å². The van der Waals surface area contributed by atoms with Crippen LogP contribution in [0, 0.1) is 0 Å². The van der Waals surface area contributed by atoms with Crippen molar-refractivity contribution in [2.75, 3.05) is 0 Å². The number of benzene rings is 1. The minimum Gasteiger partial charge on any atom is -0.489 e. The zero-order valence-corrected chi connectivity index (χ0v) is 11.8. The molecule has 2 aromatic rings. The summed E-state index contributed by atoms with van der Waals surface area (Å²) in [5.74, 6) is 0.725. The van der Waals surface area contributed by atoms with Crippen LogP contribution >= 0.6 is 0 Å². The Bertz CT molecular complexity index is 645. The monoisotopic (exact) mass is 284 g/mol. The lowest BCUT2D eigenvalue weighted by molar-refractivity contribution is -0.672. The number of hydrogen-bond donors (Lipinski definition) is 2. The molecule has 6 heteroatoms. The Labute approximate surface area is 123 Å². The van der Waals surface area contributed by atoms with E-state index in [0.717, 1.165) is 16.9 Å². The maximum Gasteiger partial charge on any atom is 0.211 e. The average molecular weight is 284 g/mol. The molecule has 1 aromatic heterocycles. The topological polar surface area (TPSA) is 89.9 Å². The third-order valence-electron chi connectivity index (χ3n) is 2.67. The van der Waals surface area contributed by atoms with E-state index in [2.05, 4.69) is 10.2 Å². The summed E-state index contributed by atoms with van der Waals surface area (Å²) in [4.78, 5) is 0. The first-order chi connectivity index (χ1) is 10.1. The van der Waals surface area contributed by atoms with E-state index in [9.17, 15) is 0 Å². The average Bonchev–Trinajstić information content (AvgIpc) is 2.46. The van der Waals surface area contributed by atoms with Crippen LogP contribution in [0.25, 0.3) is 0 Å². The van der Waals surface area contributed by atoms with Crippen LogP contribution < -0.4 is 20.8 Å². The molecule has 0 aliphatic rings. The van der Waals surface area contributed by atoms with Crippen molar-refractivity contribution < 1.29 is 9.30 Å². The summed E-state index contributed by atoms with van der Waals surface area (Å²) in [6.45, 7) is 0.524. The van der Waals surface area contributed by atoms with Crippen LogP contribution in [0.2, 0.25) is 0 Å². The van der Waals surface area contributed by atoms with E-state index < -0.39 is 0 Å². The van der Waals surface area contributed by atoms with Gasteiger partial charge < -0.3 is 16.2 Å². The van der Waals surface area contributed by atoms with Gasteiger partial charge >= 0.3 is 0 Å². The van der Waals surface area contributed by atoms with E-state index in [-0.39, 0.29) is 5.96 Å². The van der Waals surface area contributed by atoms with Gasteiger partial charge in [-0.25, -0.2) is 4.57 Å². The van der Waals surface area contributed by atoms with Gasteiger partial charge in [0.2, 0.25) is 5.96 Å². The van der Waals surface area contributed by atoms with Crippen molar-refractivity contribution in [3.8, 4) is 5.75 Å². The molecule has 0 bridgehead atoms. The smallest absolute Gasteiger partial charge is 0.211 e. The van der Waals surface area contributed by atoms with Gasteiger partial charge in [0.25, 0.3) is 0 Å². The lowest BCUT2D eigenvalue weighted by Crippen LogP contribution is -2.27. The molecule has 6 nitrogen and oxygen atoms in total. The van der Waals surface area contributed by atoms with Crippen LogP contribution in [0.4, 0.5) is 0 Å². The first kappa shape index (κ1) is 14.5. The molecule has 0 atom stereocenters. The highest BCUT2D eigenvalue weighted by molar-refractivity contribution is 5.81. The number of ether oxygens (including phenoxy) is 1. The van der Waals surface area contributed by atoms with Crippen molar-refractivity contribution in [2.24, 2.45) is 28.7 Å². The van der Waals surface area contributed by atoms with Crippen molar-refractivity contribution in [1.29, 1.82) is 0 Å². The lowest BCUT2D eigenvalue weighted by Gasteiger charge is -2.05. The lowest BCUT2D eigenvalue weighted by atomic mass is 10.2. The third-order valence-corrected chi connectivity index (χ3v) is 2.67. The van der Waals surface area contributed by atoms with Crippen molar-refractivity contribution >= 4 is 12.2 Å². The molecule has 0 fully saturated rings. The Balaban J connectivity index is 1.93. The fourth-order valence-corrected chi connectivity index (χ4v) is 1.71. The molecular formula is C15H18N5O+. The molecule has 0 unspecified atom stereocenters. The minimum atomic E-state index is -0.0674. The van der Waals surface area contributed by atoms with Gasteiger partial charge in [-0.3, -0.25) is 0 Å². The molecular weight excluding hydrogens is 266 g/mol. The van der Waals surface area contributed by atoms with Gasteiger partial charge in [0.15, 0.2) is 12.4 Å². The second-order valence-corrected chi connectivity index (χ2v) is 4.50. The summed E-state index contributed by atoms with van der Waals surface area (Å²) >= 11 is 0. The Morgan fingerprint density at radius 1 is 1.24 bits per heavy atom. The second-order valence-electron chi connectivity index (χ2n) is 4.50. The Kier molecular flexibility index (Phi) is 4.87.